The van der Waals surface area contributed by atoms with Gasteiger partial charge in [0.1, 0.15) is 0 Å². The van der Waals surface area contributed by atoms with Gasteiger partial charge in [0.25, 0.3) is 0 Å². The maximum absolute atomic E-state index is 11.9. The van der Waals surface area contributed by atoms with Crippen molar-refractivity contribution in [3.05, 3.63) is 46.5 Å². The Morgan fingerprint density at radius 2 is 1.86 bits per heavy atom. The van der Waals surface area contributed by atoms with Crippen molar-refractivity contribution in [3.63, 3.8) is 0 Å². The second-order valence-electron chi connectivity index (χ2n) is 4.85. The third kappa shape index (κ3) is 4.49. The molecule has 1 aromatic carbocycles. The van der Waals surface area contributed by atoms with Gasteiger partial charge in [-0.1, -0.05) is 30.3 Å². The Morgan fingerprint density at radius 1 is 1.14 bits per heavy atom. The molecule has 2 aromatic rings. The van der Waals surface area contributed by atoms with Gasteiger partial charge >= 0.3 is 0 Å². The zero-order valence-electron chi connectivity index (χ0n) is 12.2. The molecule has 0 fully saturated rings. The highest BCUT2D eigenvalue weighted by Crippen LogP contribution is 2.21. The van der Waals surface area contributed by atoms with Crippen LogP contribution in [0.4, 0.5) is 5.13 Å². The zero-order valence-corrected chi connectivity index (χ0v) is 13.0. The van der Waals surface area contributed by atoms with E-state index in [0.29, 0.717) is 30.0 Å². The Kier molecular flexibility index (Phi) is 5.22. The van der Waals surface area contributed by atoms with Gasteiger partial charge in [-0.15, -0.1) is 11.3 Å². The van der Waals surface area contributed by atoms with Crippen molar-refractivity contribution in [2.24, 2.45) is 0 Å². The lowest BCUT2D eigenvalue weighted by atomic mass is 10.1. The Labute approximate surface area is 128 Å². The van der Waals surface area contributed by atoms with Crippen molar-refractivity contribution in [1.82, 2.24) is 4.98 Å². The van der Waals surface area contributed by atoms with Crippen LogP contribution in [-0.4, -0.2) is 16.7 Å². The fraction of sp³-hybridized carbons (Fsp3) is 0.312. The van der Waals surface area contributed by atoms with E-state index in [-0.39, 0.29) is 11.7 Å². The monoisotopic (exact) mass is 302 g/mol. The first-order chi connectivity index (χ1) is 10.1. The van der Waals surface area contributed by atoms with E-state index in [2.05, 4.69) is 10.3 Å². The number of hydrogen-bond donors (Lipinski definition) is 1. The average Bonchev–Trinajstić information content (AvgIpc) is 2.78. The van der Waals surface area contributed by atoms with E-state index in [1.54, 1.807) is 12.1 Å². The Balaban J connectivity index is 1.76. The molecule has 110 valence electrons. The first-order valence-corrected chi connectivity index (χ1v) is 7.70. The lowest BCUT2D eigenvalue weighted by molar-refractivity contribution is -0.116. The normalized spacial score (nSPS) is 10.4. The second-order valence-corrected chi connectivity index (χ2v) is 6.05. The van der Waals surface area contributed by atoms with Crippen LogP contribution in [0.25, 0.3) is 0 Å². The summed E-state index contributed by atoms with van der Waals surface area (Å²) >= 11 is 1.47. The summed E-state index contributed by atoms with van der Waals surface area (Å²) in [7, 11) is 0. The number of aromatic nitrogens is 1. The summed E-state index contributed by atoms with van der Waals surface area (Å²) in [4.78, 5) is 29.0. The summed E-state index contributed by atoms with van der Waals surface area (Å²) in [6, 6.07) is 9.15. The predicted octanol–water partition coefficient (Wildman–Crippen LogP) is 3.75. The molecule has 4 nitrogen and oxygen atoms in total. The van der Waals surface area contributed by atoms with Crippen LogP contribution in [0.2, 0.25) is 0 Å². The van der Waals surface area contributed by atoms with Gasteiger partial charge in [0, 0.05) is 23.3 Å². The highest BCUT2D eigenvalue weighted by Gasteiger charge is 2.10. The highest BCUT2D eigenvalue weighted by molar-refractivity contribution is 7.15. The summed E-state index contributed by atoms with van der Waals surface area (Å²) in [6.07, 6.45) is 1.26. The number of benzene rings is 1. The Bertz CT molecular complexity index is 615. The van der Waals surface area contributed by atoms with Gasteiger partial charge < -0.3 is 5.32 Å². The van der Waals surface area contributed by atoms with Crippen molar-refractivity contribution in [2.75, 3.05) is 5.32 Å². The van der Waals surface area contributed by atoms with Gasteiger partial charge in [0.2, 0.25) is 5.91 Å². The third-order valence-corrected chi connectivity index (χ3v) is 4.17. The van der Waals surface area contributed by atoms with Crippen LogP contribution in [0, 0.1) is 13.8 Å². The maximum atomic E-state index is 11.9. The van der Waals surface area contributed by atoms with E-state index < -0.39 is 0 Å². The molecule has 2 rings (SSSR count). The SMILES string of the molecule is Cc1nc(NC(=O)CCCC(=O)c2ccccc2)sc1C. The van der Waals surface area contributed by atoms with E-state index in [0.717, 1.165) is 10.6 Å². The molecule has 1 amide bonds. The van der Waals surface area contributed by atoms with Gasteiger partial charge in [-0.3, -0.25) is 9.59 Å². The second kappa shape index (κ2) is 7.13. The number of amides is 1. The van der Waals surface area contributed by atoms with E-state index in [4.69, 9.17) is 0 Å². The molecule has 0 spiro atoms. The highest BCUT2D eigenvalue weighted by atomic mass is 32.1. The van der Waals surface area contributed by atoms with Crippen LogP contribution in [0.1, 0.15) is 40.2 Å². The van der Waals surface area contributed by atoms with Crippen molar-refractivity contribution < 1.29 is 9.59 Å². The molecule has 1 N–H and O–H groups in total. The van der Waals surface area contributed by atoms with Crippen LogP contribution in [-0.2, 0) is 4.79 Å². The molecule has 0 atom stereocenters. The largest absolute Gasteiger partial charge is 0.302 e. The molecule has 0 aliphatic rings. The molecule has 0 aliphatic heterocycles. The van der Waals surface area contributed by atoms with Crippen LogP contribution < -0.4 is 5.32 Å². The van der Waals surface area contributed by atoms with Gasteiger partial charge in [-0.25, -0.2) is 4.98 Å². The minimum Gasteiger partial charge on any atom is -0.302 e. The summed E-state index contributed by atoms with van der Waals surface area (Å²) in [5.41, 5.74) is 1.64. The number of ketones is 1. The van der Waals surface area contributed by atoms with E-state index in [9.17, 15) is 9.59 Å². The van der Waals surface area contributed by atoms with Gasteiger partial charge in [-0.05, 0) is 20.3 Å². The van der Waals surface area contributed by atoms with Crippen molar-refractivity contribution in [3.8, 4) is 0 Å². The maximum Gasteiger partial charge on any atom is 0.226 e. The molecular formula is C16H18N2O2S. The van der Waals surface area contributed by atoms with E-state index in [1.165, 1.54) is 11.3 Å². The fourth-order valence-corrected chi connectivity index (χ4v) is 2.72. The number of nitrogens with zero attached hydrogens (tertiary/aromatic N) is 1. The topological polar surface area (TPSA) is 59.1 Å². The van der Waals surface area contributed by atoms with Crippen LogP contribution in [0.15, 0.2) is 30.3 Å². The standard InChI is InChI=1S/C16H18N2O2S/c1-11-12(2)21-16(17-11)18-15(20)10-6-9-14(19)13-7-4-3-5-8-13/h3-5,7-8H,6,9-10H2,1-2H3,(H,17,18,20). The predicted molar refractivity (Wildman–Crippen MR) is 84.8 cm³/mol. The average molecular weight is 302 g/mol. The van der Waals surface area contributed by atoms with Crippen LogP contribution in [0.3, 0.4) is 0 Å². The summed E-state index contributed by atoms with van der Waals surface area (Å²) in [5.74, 6) is -0.0195. The molecule has 0 aliphatic carbocycles. The number of anilines is 1. The lowest BCUT2D eigenvalue weighted by Crippen LogP contribution is -2.11. The lowest BCUT2D eigenvalue weighted by Gasteiger charge is -2.02. The van der Waals surface area contributed by atoms with Crippen LogP contribution in [0.5, 0.6) is 0 Å². The molecular weight excluding hydrogens is 284 g/mol. The molecule has 0 radical (unpaired) electrons. The number of carbonyl (C=O) groups excluding carboxylic acids is 2. The molecule has 1 heterocycles. The van der Waals surface area contributed by atoms with Crippen molar-refractivity contribution in [1.29, 1.82) is 0 Å². The minimum atomic E-state index is -0.0930. The van der Waals surface area contributed by atoms with Gasteiger partial charge in [0.15, 0.2) is 10.9 Å². The quantitative estimate of drug-likeness (QED) is 0.827. The fourth-order valence-electron chi connectivity index (χ4n) is 1.89. The molecule has 21 heavy (non-hydrogen) atoms. The Hall–Kier alpha value is -2.01. The minimum absolute atomic E-state index is 0.0735. The number of thiazole rings is 1. The van der Waals surface area contributed by atoms with Gasteiger partial charge in [-0.2, -0.15) is 0 Å². The number of nitrogens with one attached hydrogen (secondary N) is 1. The van der Waals surface area contributed by atoms with E-state index in [1.807, 2.05) is 32.0 Å². The Morgan fingerprint density at radius 3 is 2.48 bits per heavy atom. The number of rotatable bonds is 6. The summed E-state index contributed by atoms with van der Waals surface area (Å²) < 4.78 is 0. The first-order valence-electron chi connectivity index (χ1n) is 6.88. The molecule has 5 heteroatoms. The van der Waals surface area contributed by atoms with E-state index >= 15 is 0 Å². The van der Waals surface area contributed by atoms with Crippen molar-refractivity contribution >= 4 is 28.2 Å². The smallest absolute Gasteiger partial charge is 0.226 e. The number of Topliss-reactive ketones (excluding diaryl/α,β-unsaturated/α-hetero) is 1. The van der Waals surface area contributed by atoms with Crippen LogP contribution >= 0.6 is 11.3 Å². The van der Waals surface area contributed by atoms with Crippen molar-refractivity contribution in [2.45, 2.75) is 33.1 Å². The first kappa shape index (κ1) is 15.4. The number of hydrogen-bond acceptors (Lipinski definition) is 4. The third-order valence-electron chi connectivity index (χ3n) is 3.18. The molecule has 0 saturated carbocycles. The molecule has 0 bridgehead atoms. The number of aryl methyl sites for hydroxylation is 2. The zero-order chi connectivity index (χ0) is 15.2. The summed E-state index contributed by atoms with van der Waals surface area (Å²) in [5, 5.41) is 3.40. The molecule has 0 unspecified atom stereocenters. The molecule has 0 saturated heterocycles. The number of carbonyl (C=O) groups is 2. The molecule has 1 aromatic heterocycles. The van der Waals surface area contributed by atoms with Gasteiger partial charge in [0.05, 0.1) is 5.69 Å². The summed E-state index contributed by atoms with van der Waals surface area (Å²) in [6.45, 7) is 3.89.